The van der Waals surface area contributed by atoms with Crippen molar-refractivity contribution in [3.63, 3.8) is 0 Å². The fourth-order valence-corrected chi connectivity index (χ4v) is 3.51. The topological polar surface area (TPSA) is 34.2 Å². The van der Waals surface area contributed by atoms with Crippen molar-refractivity contribution in [3.05, 3.63) is 17.7 Å². The van der Waals surface area contributed by atoms with Crippen molar-refractivity contribution in [3.8, 4) is 17.2 Å². The molecule has 2 rings (SSSR count). The smallest absolute Gasteiger partial charge is 0.203 e. The largest absolute Gasteiger partial charge is 0.493 e. The fraction of sp³-hybridized carbons (Fsp3) is 0.667. The highest BCUT2D eigenvalue weighted by atomic mass is 16.5. The molecule has 130 valence electrons. The van der Waals surface area contributed by atoms with Gasteiger partial charge in [-0.3, -0.25) is 0 Å². The second kappa shape index (κ2) is 8.41. The molecule has 1 aliphatic heterocycles. The Labute approximate surface area is 140 Å². The number of likely N-dealkylation sites (tertiary alicyclic amines) is 1. The van der Waals surface area contributed by atoms with Crippen LogP contribution in [0.25, 0.3) is 0 Å². The van der Waals surface area contributed by atoms with Crippen molar-refractivity contribution < 1.29 is 14.2 Å². The number of nitrogens with zero attached hydrogens (tertiary/aromatic N) is 2. The number of ether oxygens (including phenoxy) is 3. The minimum atomic E-state index is 0.665. The molecule has 0 amide bonds. The first-order chi connectivity index (χ1) is 11.1. The molecule has 0 N–H and O–H groups in total. The zero-order valence-electron chi connectivity index (χ0n) is 15.1. The third-order valence-corrected chi connectivity index (χ3v) is 4.52. The van der Waals surface area contributed by atoms with Gasteiger partial charge in [0.15, 0.2) is 11.5 Å². The number of benzene rings is 1. The van der Waals surface area contributed by atoms with Crippen LogP contribution in [0.15, 0.2) is 12.1 Å². The first-order valence-corrected chi connectivity index (χ1v) is 8.24. The van der Waals surface area contributed by atoms with Crippen LogP contribution in [0.2, 0.25) is 0 Å². The molecule has 1 saturated heterocycles. The third kappa shape index (κ3) is 4.52. The summed E-state index contributed by atoms with van der Waals surface area (Å²) in [6.45, 7) is 4.35. The second-order valence-corrected chi connectivity index (χ2v) is 6.46. The number of rotatable bonds is 7. The van der Waals surface area contributed by atoms with E-state index in [4.69, 9.17) is 14.2 Å². The van der Waals surface area contributed by atoms with E-state index in [0.717, 1.165) is 30.3 Å². The van der Waals surface area contributed by atoms with Gasteiger partial charge in [-0.2, -0.15) is 0 Å². The molecule has 1 heterocycles. The van der Waals surface area contributed by atoms with Crippen LogP contribution in [0.4, 0.5) is 0 Å². The van der Waals surface area contributed by atoms with E-state index >= 15 is 0 Å². The van der Waals surface area contributed by atoms with E-state index in [1.54, 1.807) is 21.3 Å². The van der Waals surface area contributed by atoms with E-state index in [1.165, 1.54) is 25.9 Å². The monoisotopic (exact) mass is 322 g/mol. The summed E-state index contributed by atoms with van der Waals surface area (Å²) in [5.74, 6) is 2.87. The summed E-state index contributed by atoms with van der Waals surface area (Å²) in [7, 11) is 9.35. The van der Waals surface area contributed by atoms with Crippen LogP contribution in [0, 0.1) is 5.92 Å². The van der Waals surface area contributed by atoms with Gasteiger partial charge in [0, 0.05) is 25.2 Å². The van der Waals surface area contributed by atoms with E-state index in [-0.39, 0.29) is 0 Å². The van der Waals surface area contributed by atoms with Crippen molar-refractivity contribution in [2.24, 2.45) is 5.92 Å². The van der Waals surface area contributed by atoms with Crippen molar-refractivity contribution in [1.29, 1.82) is 0 Å². The Kier molecular flexibility index (Phi) is 6.54. The number of methoxy groups -OCH3 is 3. The number of piperidine rings is 1. The van der Waals surface area contributed by atoms with Gasteiger partial charge in [-0.25, -0.2) is 0 Å². The molecule has 23 heavy (non-hydrogen) atoms. The maximum Gasteiger partial charge on any atom is 0.203 e. The molecule has 5 nitrogen and oxygen atoms in total. The summed E-state index contributed by atoms with van der Waals surface area (Å²) in [5, 5.41) is 0. The average molecular weight is 322 g/mol. The van der Waals surface area contributed by atoms with E-state index in [9.17, 15) is 0 Å². The number of hydrogen-bond donors (Lipinski definition) is 0. The molecular formula is C18H30N2O3. The summed E-state index contributed by atoms with van der Waals surface area (Å²) < 4.78 is 16.4. The first kappa shape index (κ1) is 17.9. The minimum absolute atomic E-state index is 0.665. The van der Waals surface area contributed by atoms with Crippen LogP contribution < -0.4 is 14.2 Å². The van der Waals surface area contributed by atoms with Gasteiger partial charge in [0.05, 0.1) is 21.3 Å². The quantitative estimate of drug-likeness (QED) is 0.770. The highest BCUT2D eigenvalue weighted by Crippen LogP contribution is 2.40. The van der Waals surface area contributed by atoms with Crippen LogP contribution in [0.5, 0.6) is 17.2 Å². The molecule has 1 aromatic carbocycles. The zero-order valence-corrected chi connectivity index (χ0v) is 15.1. The van der Waals surface area contributed by atoms with Crippen molar-refractivity contribution in [2.75, 3.05) is 55.1 Å². The van der Waals surface area contributed by atoms with Crippen LogP contribution in [0.3, 0.4) is 0 Å². The van der Waals surface area contributed by atoms with E-state index in [1.807, 2.05) is 6.07 Å². The summed E-state index contributed by atoms with van der Waals surface area (Å²) in [4.78, 5) is 4.80. The number of hydrogen-bond acceptors (Lipinski definition) is 5. The maximum absolute atomic E-state index is 5.58. The Morgan fingerprint density at radius 3 is 2.48 bits per heavy atom. The summed E-state index contributed by atoms with van der Waals surface area (Å²) in [6, 6.07) is 4.00. The van der Waals surface area contributed by atoms with E-state index in [2.05, 4.69) is 30.0 Å². The summed E-state index contributed by atoms with van der Waals surface area (Å²) >= 11 is 0. The van der Waals surface area contributed by atoms with Crippen molar-refractivity contribution in [2.45, 2.75) is 19.4 Å². The lowest BCUT2D eigenvalue weighted by molar-refractivity contribution is 0.163. The van der Waals surface area contributed by atoms with Gasteiger partial charge in [-0.05, 0) is 45.5 Å². The molecular weight excluding hydrogens is 292 g/mol. The molecule has 1 aliphatic rings. The zero-order chi connectivity index (χ0) is 16.8. The first-order valence-electron chi connectivity index (χ1n) is 8.24. The predicted molar refractivity (Wildman–Crippen MR) is 92.7 cm³/mol. The normalized spacial score (nSPS) is 19.0. The molecule has 0 saturated carbocycles. The molecule has 5 heteroatoms. The molecule has 0 bridgehead atoms. The molecule has 0 spiro atoms. The lowest BCUT2D eigenvalue weighted by Gasteiger charge is -2.32. The Hall–Kier alpha value is -1.46. The van der Waals surface area contributed by atoms with Gasteiger partial charge in [0.1, 0.15) is 0 Å². The Balaban J connectivity index is 2.06. The van der Waals surface area contributed by atoms with Gasteiger partial charge < -0.3 is 24.0 Å². The van der Waals surface area contributed by atoms with Gasteiger partial charge in [0.2, 0.25) is 5.75 Å². The molecule has 0 aromatic heterocycles. The van der Waals surface area contributed by atoms with E-state index in [0.29, 0.717) is 11.5 Å². The van der Waals surface area contributed by atoms with Crippen LogP contribution in [0.1, 0.15) is 18.4 Å². The molecule has 1 atom stereocenters. The standard InChI is InChI=1S/C18H30N2O3/c1-19-10-6-7-14(11-19)12-20(2)13-15-8-9-16(21-3)18(23-5)17(15)22-4/h8-9,14H,6-7,10-13H2,1-5H3. The highest BCUT2D eigenvalue weighted by molar-refractivity contribution is 5.55. The molecule has 0 radical (unpaired) electrons. The second-order valence-electron chi connectivity index (χ2n) is 6.46. The van der Waals surface area contributed by atoms with Crippen LogP contribution in [-0.2, 0) is 6.54 Å². The average Bonchev–Trinajstić information content (AvgIpc) is 2.54. The van der Waals surface area contributed by atoms with Crippen LogP contribution in [-0.4, -0.2) is 64.9 Å². The fourth-order valence-electron chi connectivity index (χ4n) is 3.51. The molecule has 1 aromatic rings. The highest BCUT2D eigenvalue weighted by Gasteiger charge is 2.21. The third-order valence-electron chi connectivity index (χ3n) is 4.52. The summed E-state index contributed by atoms with van der Waals surface area (Å²) in [6.07, 6.45) is 2.62. The van der Waals surface area contributed by atoms with Gasteiger partial charge in [-0.15, -0.1) is 0 Å². The van der Waals surface area contributed by atoms with Gasteiger partial charge >= 0.3 is 0 Å². The Bertz CT molecular complexity index is 507. The van der Waals surface area contributed by atoms with Crippen LogP contribution >= 0.6 is 0 Å². The SMILES string of the molecule is COc1ccc(CN(C)CC2CCCN(C)C2)c(OC)c1OC. The van der Waals surface area contributed by atoms with Crippen molar-refractivity contribution >= 4 is 0 Å². The summed E-state index contributed by atoms with van der Waals surface area (Å²) in [5.41, 5.74) is 1.12. The van der Waals surface area contributed by atoms with E-state index < -0.39 is 0 Å². The van der Waals surface area contributed by atoms with Crippen molar-refractivity contribution in [1.82, 2.24) is 9.80 Å². The Morgan fingerprint density at radius 2 is 1.87 bits per heavy atom. The Morgan fingerprint density at radius 1 is 1.13 bits per heavy atom. The lowest BCUT2D eigenvalue weighted by Crippen LogP contribution is -2.37. The predicted octanol–water partition coefficient (Wildman–Crippen LogP) is 2.49. The van der Waals surface area contributed by atoms with Gasteiger partial charge in [0.25, 0.3) is 0 Å². The molecule has 1 fully saturated rings. The van der Waals surface area contributed by atoms with Gasteiger partial charge in [-0.1, -0.05) is 6.07 Å². The maximum atomic E-state index is 5.58. The lowest BCUT2D eigenvalue weighted by atomic mass is 9.98. The molecule has 0 aliphatic carbocycles. The molecule has 1 unspecified atom stereocenters. The minimum Gasteiger partial charge on any atom is -0.493 e.